The lowest BCUT2D eigenvalue weighted by Gasteiger charge is -2.37. The van der Waals surface area contributed by atoms with E-state index in [9.17, 15) is 0 Å². The molecule has 1 fully saturated rings. The van der Waals surface area contributed by atoms with E-state index in [-0.39, 0.29) is 0 Å². The van der Waals surface area contributed by atoms with Crippen LogP contribution >= 0.6 is 0 Å². The Morgan fingerprint density at radius 3 is 2.78 bits per heavy atom. The predicted molar refractivity (Wildman–Crippen MR) is 77.0 cm³/mol. The fraction of sp³-hybridized carbons (Fsp3) is 0.625. The van der Waals surface area contributed by atoms with Gasteiger partial charge in [0.25, 0.3) is 0 Å². The molecule has 1 aromatic rings. The quantitative estimate of drug-likeness (QED) is 0.628. The molecule has 0 saturated heterocycles. The molecule has 3 atom stereocenters. The lowest BCUT2D eigenvalue weighted by Crippen LogP contribution is -2.38. The molecule has 0 bridgehead atoms. The zero-order chi connectivity index (χ0) is 13.0. The number of benzene rings is 1. The van der Waals surface area contributed by atoms with Gasteiger partial charge in [0.2, 0.25) is 0 Å². The maximum absolute atomic E-state index is 5.85. The first-order valence-corrected chi connectivity index (χ1v) is 7.29. The minimum atomic E-state index is 0.315. The molecule has 1 aliphatic rings. The third-order valence-corrected chi connectivity index (χ3v) is 4.50. The van der Waals surface area contributed by atoms with Crippen LogP contribution in [-0.2, 0) is 0 Å². The Hall–Kier alpha value is -0.860. The fourth-order valence-corrected chi connectivity index (χ4v) is 3.51. The molecule has 3 N–H and O–H groups in total. The number of aryl methyl sites for hydroxylation is 1. The molecule has 0 aliphatic heterocycles. The number of hydrazine groups is 1. The minimum absolute atomic E-state index is 0.315. The average Bonchev–Trinajstić information content (AvgIpc) is 2.40. The third kappa shape index (κ3) is 2.93. The lowest BCUT2D eigenvalue weighted by atomic mass is 9.72. The Labute approximate surface area is 111 Å². The second-order valence-corrected chi connectivity index (χ2v) is 5.68. The number of hydrogen-bond acceptors (Lipinski definition) is 2. The van der Waals surface area contributed by atoms with Crippen molar-refractivity contribution >= 4 is 0 Å². The van der Waals surface area contributed by atoms with E-state index in [0.29, 0.717) is 12.0 Å². The normalized spacial score (nSPS) is 25.9. The molecule has 100 valence electrons. The molecule has 2 heteroatoms. The first-order valence-electron chi connectivity index (χ1n) is 7.29. The van der Waals surface area contributed by atoms with Crippen molar-refractivity contribution in [2.24, 2.45) is 17.7 Å². The maximum atomic E-state index is 5.85. The van der Waals surface area contributed by atoms with Crippen molar-refractivity contribution in [3.8, 4) is 0 Å². The van der Waals surface area contributed by atoms with Crippen LogP contribution in [0.3, 0.4) is 0 Å². The van der Waals surface area contributed by atoms with E-state index in [1.165, 1.54) is 43.2 Å². The highest BCUT2D eigenvalue weighted by atomic mass is 15.2. The SMILES string of the molecule is CCC1CCCCC1C(NN)c1cccc(C)c1. The number of rotatable bonds is 4. The van der Waals surface area contributed by atoms with Gasteiger partial charge in [-0.15, -0.1) is 0 Å². The summed E-state index contributed by atoms with van der Waals surface area (Å²) in [5.74, 6) is 7.36. The molecule has 0 amide bonds. The molecule has 0 radical (unpaired) electrons. The smallest absolute Gasteiger partial charge is 0.0490 e. The molecule has 0 spiro atoms. The van der Waals surface area contributed by atoms with Crippen molar-refractivity contribution in [3.63, 3.8) is 0 Å². The Morgan fingerprint density at radius 2 is 2.11 bits per heavy atom. The second-order valence-electron chi connectivity index (χ2n) is 5.68. The van der Waals surface area contributed by atoms with E-state index in [0.717, 1.165) is 5.92 Å². The van der Waals surface area contributed by atoms with Crippen molar-refractivity contribution in [1.29, 1.82) is 0 Å². The summed E-state index contributed by atoms with van der Waals surface area (Å²) in [5, 5.41) is 0. The van der Waals surface area contributed by atoms with Gasteiger partial charge in [0, 0.05) is 6.04 Å². The Bertz CT molecular complexity index is 375. The van der Waals surface area contributed by atoms with Crippen molar-refractivity contribution in [2.75, 3.05) is 0 Å². The Kier molecular flexibility index (Phi) is 4.79. The van der Waals surface area contributed by atoms with E-state index in [1.54, 1.807) is 0 Å². The average molecular weight is 246 g/mol. The maximum Gasteiger partial charge on any atom is 0.0490 e. The Morgan fingerprint density at radius 1 is 1.33 bits per heavy atom. The van der Waals surface area contributed by atoms with Crippen LogP contribution in [0.5, 0.6) is 0 Å². The van der Waals surface area contributed by atoms with Gasteiger partial charge in [-0.05, 0) is 30.7 Å². The molecule has 2 nitrogen and oxygen atoms in total. The lowest BCUT2D eigenvalue weighted by molar-refractivity contribution is 0.176. The summed E-state index contributed by atoms with van der Waals surface area (Å²) in [4.78, 5) is 0. The molecule has 1 aromatic carbocycles. The molecule has 2 rings (SSSR count). The van der Waals surface area contributed by atoms with Crippen LogP contribution in [0.15, 0.2) is 24.3 Å². The molecule has 1 saturated carbocycles. The zero-order valence-electron chi connectivity index (χ0n) is 11.7. The van der Waals surface area contributed by atoms with Gasteiger partial charge in [0.1, 0.15) is 0 Å². The summed E-state index contributed by atoms with van der Waals surface area (Å²) in [5.41, 5.74) is 5.75. The predicted octanol–water partition coefficient (Wildman–Crippen LogP) is 3.72. The van der Waals surface area contributed by atoms with Gasteiger partial charge >= 0.3 is 0 Å². The minimum Gasteiger partial charge on any atom is -0.271 e. The van der Waals surface area contributed by atoms with E-state index < -0.39 is 0 Å². The monoisotopic (exact) mass is 246 g/mol. The van der Waals surface area contributed by atoms with E-state index in [2.05, 4.69) is 43.5 Å². The van der Waals surface area contributed by atoms with E-state index in [4.69, 9.17) is 5.84 Å². The van der Waals surface area contributed by atoms with Crippen LogP contribution in [0, 0.1) is 18.8 Å². The van der Waals surface area contributed by atoms with Gasteiger partial charge in [-0.1, -0.05) is 62.4 Å². The van der Waals surface area contributed by atoms with Crippen LogP contribution < -0.4 is 11.3 Å². The first kappa shape index (κ1) is 13.6. The number of nitrogens with one attached hydrogen (secondary N) is 1. The van der Waals surface area contributed by atoms with E-state index in [1.807, 2.05) is 0 Å². The highest BCUT2D eigenvalue weighted by Crippen LogP contribution is 2.40. The first-order chi connectivity index (χ1) is 8.76. The standard InChI is InChI=1S/C16H26N2/c1-3-13-8-4-5-10-15(13)16(18-17)14-9-6-7-12(2)11-14/h6-7,9,11,13,15-16,18H,3-5,8,10,17H2,1-2H3. The van der Waals surface area contributed by atoms with Crippen LogP contribution in [0.4, 0.5) is 0 Å². The van der Waals surface area contributed by atoms with Crippen molar-refractivity contribution < 1.29 is 0 Å². The molecular formula is C16H26N2. The van der Waals surface area contributed by atoms with Crippen LogP contribution in [0.1, 0.15) is 56.2 Å². The molecule has 0 heterocycles. The van der Waals surface area contributed by atoms with Crippen molar-refractivity contribution in [3.05, 3.63) is 35.4 Å². The summed E-state index contributed by atoms with van der Waals surface area (Å²) in [6.07, 6.45) is 6.69. The molecule has 1 aliphatic carbocycles. The Balaban J connectivity index is 2.21. The highest BCUT2D eigenvalue weighted by Gasteiger charge is 2.31. The van der Waals surface area contributed by atoms with Crippen molar-refractivity contribution in [2.45, 2.75) is 52.0 Å². The van der Waals surface area contributed by atoms with Gasteiger partial charge in [-0.3, -0.25) is 11.3 Å². The number of hydrogen-bond donors (Lipinski definition) is 2. The number of nitrogens with two attached hydrogens (primary N) is 1. The summed E-state index contributed by atoms with van der Waals surface area (Å²) in [6.45, 7) is 4.46. The molecule has 18 heavy (non-hydrogen) atoms. The summed E-state index contributed by atoms with van der Waals surface area (Å²) in [7, 11) is 0. The molecule has 3 unspecified atom stereocenters. The van der Waals surface area contributed by atoms with Crippen molar-refractivity contribution in [1.82, 2.24) is 5.43 Å². The van der Waals surface area contributed by atoms with E-state index >= 15 is 0 Å². The highest BCUT2D eigenvalue weighted by molar-refractivity contribution is 5.25. The molecular weight excluding hydrogens is 220 g/mol. The van der Waals surface area contributed by atoms with Gasteiger partial charge in [-0.25, -0.2) is 0 Å². The van der Waals surface area contributed by atoms with Gasteiger partial charge in [0.15, 0.2) is 0 Å². The topological polar surface area (TPSA) is 38.0 Å². The van der Waals surface area contributed by atoms with Crippen LogP contribution in [-0.4, -0.2) is 0 Å². The van der Waals surface area contributed by atoms with Crippen LogP contribution in [0.25, 0.3) is 0 Å². The second kappa shape index (κ2) is 6.35. The fourth-order valence-electron chi connectivity index (χ4n) is 3.51. The zero-order valence-corrected chi connectivity index (χ0v) is 11.7. The van der Waals surface area contributed by atoms with Gasteiger partial charge in [0.05, 0.1) is 0 Å². The summed E-state index contributed by atoms with van der Waals surface area (Å²) >= 11 is 0. The third-order valence-electron chi connectivity index (χ3n) is 4.50. The van der Waals surface area contributed by atoms with Gasteiger partial charge in [-0.2, -0.15) is 0 Å². The summed E-state index contributed by atoms with van der Waals surface area (Å²) in [6, 6.07) is 9.08. The largest absolute Gasteiger partial charge is 0.271 e. The molecule has 0 aromatic heterocycles. The van der Waals surface area contributed by atoms with Crippen LogP contribution in [0.2, 0.25) is 0 Å². The summed E-state index contributed by atoms with van der Waals surface area (Å²) < 4.78 is 0. The van der Waals surface area contributed by atoms with Gasteiger partial charge < -0.3 is 0 Å².